The van der Waals surface area contributed by atoms with Crippen LogP contribution in [0.5, 0.6) is 17.2 Å². The molecule has 0 aliphatic heterocycles. The summed E-state index contributed by atoms with van der Waals surface area (Å²) in [6.45, 7) is 1.89. The second-order valence-electron chi connectivity index (χ2n) is 5.82. The molecular weight excluding hydrogens is 378 g/mol. The molecule has 3 rings (SSSR count). The van der Waals surface area contributed by atoms with E-state index in [0.29, 0.717) is 22.3 Å². The van der Waals surface area contributed by atoms with Crippen molar-refractivity contribution in [1.82, 2.24) is 10.2 Å². The highest BCUT2D eigenvalue weighted by molar-refractivity contribution is 7.18. The lowest BCUT2D eigenvalue weighted by Crippen LogP contribution is -2.32. The third kappa shape index (κ3) is 4.77. The molecule has 1 aromatic heterocycles. The van der Waals surface area contributed by atoms with E-state index in [1.165, 1.54) is 11.3 Å². The monoisotopic (exact) mass is 399 g/mol. The molecule has 0 bridgehead atoms. The van der Waals surface area contributed by atoms with E-state index in [-0.39, 0.29) is 5.91 Å². The van der Waals surface area contributed by atoms with E-state index >= 15 is 0 Å². The molecule has 1 atom stereocenters. The Bertz CT molecular complexity index is 910. The van der Waals surface area contributed by atoms with Crippen molar-refractivity contribution < 1.29 is 19.0 Å². The van der Waals surface area contributed by atoms with Gasteiger partial charge in [-0.1, -0.05) is 18.3 Å². The first kappa shape index (κ1) is 19.6. The van der Waals surface area contributed by atoms with Gasteiger partial charge in [0.15, 0.2) is 6.10 Å². The van der Waals surface area contributed by atoms with Crippen LogP contribution in [0.15, 0.2) is 48.5 Å². The minimum absolute atomic E-state index is 0.268. The molecule has 0 unspecified atom stereocenters. The van der Waals surface area contributed by atoms with Gasteiger partial charge >= 0.3 is 0 Å². The van der Waals surface area contributed by atoms with Crippen molar-refractivity contribution >= 4 is 22.4 Å². The van der Waals surface area contributed by atoms with Crippen molar-refractivity contribution in [2.75, 3.05) is 19.5 Å². The molecule has 7 nitrogen and oxygen atoms in total. The van der Waals surface area contributed by atoms with Gasteiger partial charge in [-0.15, -0.1) is 10.2 Å². The van der Waals surface area contributed by atoms with E-state index in [2.05, 4.69) is 15.5 Å². The van der Waals surface area contributed by atoms with E-state index in [4.69, 9.17) is 14.2 Å². The molecule has 3 aromatic rings. The lowest BCUT2D eigenvalue weighted by molar-refractivity contribution is -0.122. The number of nitrogens with one attached hydrogen (secondary N) is 1. The van der Waals surface area contributed by atoms with Crippen molar-refractivity contribution in [3.8, 4) is 27.8 Å². The topological polar surface area (TPSA) is 82.6 Å². The molecule has 0 aliphatic rings. The van der Waals surface area contributed by atoms with Crippen LogP contribution in [-0.2, 0) is 4.79 Å². The SMILES string of the molecule is CC[C@@H](Oc1ccc(OC)cc1)C(=O)Nc1nnc(-c2ccc(OC)cc2)s1. The van der Waals surface area contributed by atoms with Gasteiger partial charge in [0.1, 0.15) is 22.3 Å². The van der Waals surface area contributed by atoms with E-state index in [0.717, 1.165) is 17.1 Å². The molecule has 1 heterocycles. The predicted molar refractivity (Wildman–Crippen MR) is 108 cm³/mol. The van der Waals surface area contributed by atoms with Crippen LogP contribution in [0.1, 0.15) is 13.3 Å². The lowest BCUT2D eigenvalue weighted by Gasteiger charge is -2.16. The van der Waals surface area contributed by atoms with Crippen LogP contribution in [0, 0.1) is 0 Å². The van der Waals surface area contributed by atoms with Gasteiger partial charge < -0.3 is 14.2 Å². The zero-order chi connectivity index (χ0) is 19.9. The molecule has 1 amide bonds. The van der Waals surface area contributed by atoms with Gasteiger partial charge in [0.05, 0.1) is 14.2 Å². The highest BCUT2D eigenvalue weighted by atomic mass is 32.1. The van der Waals surface area contributed by atoms with Crippen LogP contribution < -0.4 is 19.5 Å². The highest BCUT2D eigenvalue weighted by Crippen LogP contribution is 2.28. The van der Waals surface area contributed by atoms with Gasteiger partial charge in [-0.05, 0) is 55.0 Å². The van der Waals surface area contributed by atoms with Crippen LogP contribution >= 0.6 is 11.3 Å². The van der Waals surface area contributed by atoms with Crippen LogP contribution in [0.2, 0.25) is 0 Å². The summed E-state index contributed by atoms with van der Waals surface area (Å²) < 4.78 is 16.1. The molecule has 1 N–H and O–H groups in total. The van der Waals surface area contributed by atoms with Crippen molar-refractivity contribution in [2.45, 2.75) is 19.4 Å². The summed E-state index contributed by atoms with van der Waals surface area (Å²) in [6.07, 6.45) is -0.121. The Morgan fingerprint density at radius 2 is 1.54 bits per heavy atom. The first-order valence-corrected chi connectivity index (χ1v) is 9.54. The average molecular weight is 399 g/mol. The standard InChI is InChI=1S/C20H21N3O4S/c1-4-17(27-16-11-9-15(26-3)10-12-16)18(24)21-20-23-22-19(28-20)13-5-7-14(25-2)8-6-13/h5-12,17H,4H2,1-3H3,(H,21,23,24)/t17-/m1/s1. The summed E-state index contributed by atoms with van der Waals surface area (Å²) in [5, 5.41) is 12.1. The molecule has 0 saturated heterocycles. The van der Waals surface area contributed by atoms with E-state index in [9.17, 15) is 4.79 Å². The summed E-state index contributed by atoms with van der Waals surface area (Å²) in [5.74, 6) is 1.82. The molecule has 0 aliphatic carbocycles. The van der Waals surface area contributed by atoms with Gasteiger partial charge in [0, 0.05) is 5.56 Å². The second-order valence-corrected chi connectivity index (χ2v) is 6.80. The number of anilines is 1. The molecule has 0 spiro atoms. The number of rotatable bonds is 8. The summed E-state index contributed by atoms with van der Waals surface area (Å²) >= 11 is 1.30. The molecule has 146 valence electrons. The zero-order valence-corrected chi connectivity index (χ0v) is 16.7. The first-order chi connectivity index (χ1) is 13.6. The maximum atomic E-state index is 12.6. The number of aromatic nitrogens is 2. The Hall–Kier alpha value is -3.13. The Morgan fingerprint density at radius 3 is 2.11 bits per heavy atom. The zero-order valence-electron chi connectivity index (χ0n) is 15.8. The van der Waals surface area contributed by atoms with Gasteiger partial charge in [-0.3, -0.25) is 10.1 Å². The number of amides is 1. The summed E-state index contributed by atoms with van der Waals surface area (Å²) in [4.78, 5) is 12.6. The van der Waals surface area contributed by atoms with Crippen LogP contribution in [-0.4, -0.2) is 36.4 Å². The summed E-state index contributed by atoms with van der Waals surface area (Å²) in [7, 11) is 3.21. The normalized spacial score (nSPS) is 11.5. The van der Waals surface area contributed by atoms with Gasteiger partial charge in [0.25, 0.3) is 5.91 Å². The molecule has 0 radical (unpaired) electrons. The highest BCUT2D eigenvalue weighted by Gasteiger charge is 2.20. The second kappa shape index (κ2) is 9.18. The van der Waals surface area contributed by atoms with E-state index in [1.807, 2.05) is 31.2 Å². The third-order valence-electron chi connectivity index (χ3n) is 3.99. The number of ether oxygens (including phenoxy) is 3. The fourth-order valence-corrected chi connectivity index (χ4v) is 3.20. The minimum Gasteiger partial charge on any atom is -0.497 e. The van der Waals surface area contributed by atoms with Crippen molar-refractivity contribution in [1.29, 1.82) is 0 Å². The smallest absolute Gasteiger partial charge is 0.267 e. The van der Waals surface area contributed by atoms with E-state index in [1.54, 1.807) is 38.5 Å². The number of nitrogens with zero attached hydrogens (tertiary/aromatic N) is 2. The Kier molecular flexibility index (Phi) is 6.44. The van der Waals surface area contributed by atoms with Crippen LogP contribution in [0.25, 0.3) is 10.6 Å². The Labute approximate surface area is 167 Å². The van der Waals surface area contributed by atoms with Crippen LogP contribution in [0.3, 0.4) is 0 Å². The van der Waals surface area contributed by atoms with E-state index < -0.39 is 6.10 Å². The van der Waals surface area contributed by atoms with Crippen LogP contribution in [0.4, 0.5) is 5.13 Å². The number of hydrogen-bond acceptors (Lipinski definition) is 7. The largest absolute Gasteiger partial charge is 0.497 e. The quantitative estimate of drug-likeness (QED) is 0.616. The average Bonchev–Trinajstić information content (AvgIpc) is 3.20. The fourth-order valence-electron chi connectivity index (χ4n) is 2.45. The number of methoxy groups -OCH3 is 2. The Balaban J connectivity index is 1.64. The predicted octanol–water partition coefficient (Wildman–Crippen LogP) is 4.02. The molecule has 8 heteroatoms. The minimum atomic E-state index is -0.637. The summed E-state index contributed by atoms with van der Waals surface area (Å²) in [6, 6.07) is 14.6. The lowest BCUT2D eigenvalue weighted by atomic mass is 10.2. The van der Waals surface area contributed by atoms with Gasteiger partial charge in [-0.25, -0.2) is 0 Å². The van der Waals surface area contributed by atoms with Crippen molar-refractivity contribution in [3.05, 3.63) is 48.5 Å². The first-order valence-electron chi connectivity index (χ1n) is 8.72. The molecule has 0 fully saturated rings. The summed E-state index contributed by atoms with van der Waals surface area (Å²) in [5.41, 5.74) is 0.903. The fraction of sp³-hybridized carbons (Fsp3) is 0.250. The van der Waals surface area contributed by atoms with Crippen molar-refractivity contribution in [2.24, 2.45) is 0 Å². The molecular formula is C20H21N3O4S. The molecule has 28 heavy (non-hydrogen) atoms. The number of hydrogen-bond donors (Lipinski definition) is 1. The van der Waals surface area contributed by atoms with Crippen molar-refractivity contribution in [3.63, 3.8) is 0 Å². The van der Waals surface area contributed by atoms with Gasteiger partial charge in [0.2, 0.25) is 5.13 Å². The number of carbonyl (C=O) groups excluding carboxylic acids is 1. The number of benzene rings is 2. The van der Waals surface area contributed by atoms with Gasteiger partial charge in [-0.2, -0.15) is 0 Å². The Morgan fingerprint density at radius 1 is 0.964 bits per heavy atom. The maximum Gasteiger partial charge on any atom is 0.267 e. The maximum absolute atomic E-state index is 12.6. The number of carbonyl (C=O) groups is 1. The third-order valence-corrected chi connectivity index (χ3v) is 4.88. The molecule has 0 saturated carbocycles. The molecule has 2 aromatic carbocycles.